The Bertz CT molecular complexity index is 1660. The normalized spacial score (nSPS) is 19.6. The second kappa shape index (κ2) is 11.0. The third-order valence-corrected chi connectivity index (χ3v) is 8.70. The van der Waals surface area contributed by atoms with Crippen molar-refractivity contribution in [3.8, 4) is 0 Å². The highest BCUT2D eigenvalue weighted by Gasteiger charge is 2.36. The smallest absolute Gasteiger partial charge is 0.354 e. The van der Waals surface area contributed by atoms with E-state index < -0.39 is 11.6 Å². The Kier molecular flexibility index (Phi) is 7.29. The minimum absolute atomic E-state index is 0.00320. The number of aromatic nitrogens is 4. The number of hydrogen-bond acceptors (Lipinski definition) is 8. The second-order valence-corrected chi connectivity index (χ2v) is 12.4. The topological polar surface area (TPSA) is 136 Å². The average molecular weight is 584 g/mol. The van der Waals surface area contributed by atoms with Gasteiger partial charge in [0.15, 0.2) is 11.3 Å². The van der Waals surface area contributed by atoms with Crippen LogP contribution in [0.5, 0.6) is 0 Å². The summed E-state index contributed by atoms with van der Waals surface area (Å²) in [5.41, 5.74) is 2.10. The van der Waals surface area contributed by atoms with Crippen molar-refractivity contribution in [3.63, 3.8) is 0 Å². The van der Waals surface area contributed by atoms with E-state index in [-0.39, 0.29) is 28.9 Å². The summed E-state index contributed by atoms with van der Waals surface area (Å²) >= 11 is 0. The number of rotatable bonds is 7. The molecule has 6 rings (SSSR count). The predicted molar refractivity (Wildman–Crippen MR) is 163 cm³/mol. The van der Waals surface area contributed by atoms with Crippen LogP contribution in [-0.2, 0) is 11.0 Å². The van der Waals surface area contributed by atoms with E-state index >= 15 is 0 Å². The molecule has 3 N–H and O–H groups in total. The van der Waals surface area contributed by atoms with E-state index in [1.807, 2.05) is 23.2 Å². The number of benzene rings is 1. The van der Waals surface area contributed by atoms with Crippen molar-refractivity contribution in [1.29, 1.82) is 0 Å². The van der Waals surface area contributed by atoms with E-state index in [0.717, 1.165) is 25.2 Å². The van der Waals surface area contributed by atoms with Gasteiger partial charge >= 0.3 is 5.97 Å². The lowest BCUT2D eigenvalue weighted by Gasteiger charge is -2.33. The Morgan fingerprint density at radius 1 is 1.00 bits per heavy atom. The molecule has 11 nitrogen and oxygen atoms in total. The number of nitrogens with one attached hydrogen (secondary N) is 1. The summed E-state index contributed by atoms with van der Waals surface area (Å²) in [6, 6.07) is 17.4. The van der Waals surface area contributed by atoms with Gasteiger partial charge in [-0.3, -0.25) is 4.79 Å². The van der Waals surface area contributed by atoms with Crippen molar-refractivity contribution in [2.75, 3.05) is 36.0 Å². The van der Waals surface area contributed by atoms with Crippen LogP contribution in [0.4, 0.5) is 11.5 Å². The highest BCUT2D eigenvalue weighted by molar-refractivity contribution is 5.91. The zero-order valence-electron chi connectivity index (χ0n) is 24.7. The van der Waals surface area contributed by atoms with E-state index in [4.69, 9.17) is 0 Å². The number of amides is 1. The number of pyridine rings is 2. The Morgan fingerprint density at radius 2 is 1.74 bits per heavy atom. The Balaban J connectivity index is 1.18. The molecule has 5 heterocycles. The number of nitrogens with zero attached hydrogens (tertiary/aromatic N) is 6. The van der Waals surface area contributed by atoms with Gasteiger partial charge in [-0.1, -0.05) is 43.3 Å². The molecule has 1 atom stereocenters. The lowest BCUT2D eigenvalue weighted by molar-refractivity contribution is 0.0689. The molecule has 0 unspecified atom stereocenters. The number of carboxylic acid groups (broad SMARTS) is 1. The van der Waals surface area contributed by atoms with Crippen LogP contribution in [0.15, 0.2) is 60.8 Å². The fourth-order valence-corrected chi connectivity index (χ4v) is 6.17. The molecule has 4 aromatic rings. The van der Waals surface area contributed by atoms with Gasteiger partial charge in [0, 0.05) is 43.2 Å². The van der Waals surface area contributed by atoms with E-state index in [9.17, 15) is 19.8 Å². The molecule has 1 amide bonds. The predicted octanol–water partition coefficient (Wildman–Crippen LogP) is 3.62. The first-order valence-corrected chi connectivity index (χ1v) is 14.7. The molecule has 0 bridgehead atoms. The zero-order chi connectivity index (χ0) is 30.4. The molecule has 3 aromatic heterocycles. The highest BCUT2D eigenvalue weighted by Crippen LogP contribution is 2.38. The lowest BCUT2D eigenvalue weighted by Crippen LogP contribution is -2.45. The van der Waals surface area contributed by atoms with Gasteiger partial charge < -0.3 is 25.3 Å². The van der Waals surface area contributed by atoms with E-state index in [1.165, 1.54) is 11.6 Å². The molecule has 2 aliphatic rings. The minimum atomic E-state index is -1.20. The zero-order valence-corrected chi connectivity index (χ0v) is 24.7. The van der Waals surface area contributed by atoms with E-state index in [2.05, 4.69) is 56.5 Å². The first kappa shape index (κ1) is 28.6. The molecule has 2 saturated heterocycles. The molecule has 0 spiro atoms. The van der Waals surface area contributed by atoms with Crippen LogP contribution in [0.3, 0.4) is 0 Å². The summed E-state index contributed by atoms with van der Waals surface area (Å²) in [6.07, 6.45) is 4.23. The van der Waals surface area contributed by atoms with Crippen LogP contribution in [0.2, 0.25) is 0 Å². The van der Waals surface area contributed by atoms with Crippen LogP contribution in [-0.4, -0.2) is 73.9 Å². The van der Waals surface area contributed by atoms with Crippen molar-refractivity contribution in [2.24, 2.45) is 0 Å². The molecular weight excluding hydrogens is 546 g/mol. The van der Waals surface area contributed by atoms with E-state index in [1.54, 1.807) is 30.5 Å². The fourth-order valence-electron chi connectivity index (χ4n) is 6.17. The van der Waals surface area contributed by atoms with Crippen molar-refractivity contribution in [1.82, 2.24) is 24.9 Å². The third kappa shape index (κ3) is 5.77. The number of fused-ring (bicyclic) bond motifs is 1. The summed E-state index contributed by atoms with van der Waals surface area (Å²) in [4.78, 5) is 37.7. The number of piperidine rings is 1. The number of carbonyl (C=O) groups is 2. The maximum absolute atomic E-state index is 13.3. The monoisotopic (exact) mass is 583 g/mol. The van der Waals surface area contributed by atoms with Gasteiger partial charge in [0.1, 0.15) is 5.82 Å². The molecule has 11 heteroatoms. The molecule has 0 radical (unpaired) electrons. The highest BCUT2D eigenvalue weighted by atomic mass is 16.4. The average Bonchev–Trinajstić information content (AvgIpc) is 3.62. The van der Waals surface area contributed by atoms with Gasteiger partial charge in [-0.2, -0.15) is 0 Å². The quantitative estimate of drug-likeness (QED) is 0.298. The molecule has 1 aromatic carbocycles. The largest absolute Gasteiger partial charge is 0.477 e. The number of hydrogen-bond donors (Lipinski definition) is 3. The van der Waals surface area contributed by atoms with Crippen molar-refractivity contribution in [3.05, 3.63) is 83.4 Å². The molecule has 43 heavy (non-hydrogen) atoms. The third-order valence-electron chi connectivity index (χ3n) is 8.70. The summed E-state index contributed by atoms with van der Waals surface area (Å²) in [6.45, 7) is 8.65. The Hall–Kier alpha value is -4.51. The van der Waals surface area contributed by atoms with Gasteiger partial charge in [0.2, 0.25) is 5.82 Å². The molecular formula is C32H37N7O4. The number of carbonyl (C=O) groups excluding carboxylic acids is 1. The molecule has 224 valence electrons. The summed E-state index contributed by atoms with van der Waals surface area (Å²) in [5.74, 6) is -0.760. The molecule has 0 aliphatic carbocycles. The molecule has 2 fully saturated rings. The van der Waals surface area contributed by atoms with Gasteiger partial charge in [-0.05, 0) is 56.9 Å². The standard InChI is InChI=1S/C32H37N7O4/c1-31(2,43)24-18-23(38-17-14-32(3,20-38)21-8-5-4-6-9-21)19-39-28(24)35-27(36-39)29(40)33-22-12-15-37(16-13-22)26-11-7-10-25(34-26)30(41)42/h4-11,18-19,22,43H,12-17,20H2,1-3H3,(H,33,40)(H,41,42)/t32-/m0/s1. The van der Waals surface area contributed by atoms with Crippen molar-refractivity contribution < 1.29 is 19.8 Å². The van der Waals surface area contributed by atoms with Crippen molar-refractivity contribution in [2.45, 2.75) is 57.1 Å². The maximum Gasteiger partial charge on any atom is 0.354 e. The number of aromatic carboxylic acids is 1. The van der Waals surface area contributed by atoms with Crippen LogP contribution in [0.25, 0.3) is 5.65 Å². The Labute approximate surface area is 250 Å². The molecule has 0 saturated carbocycles. The van der Waals surface area contributed by atoms with Gasteiger partial charge in [0.25, 0.3) is 5.91 Å². The summed E-state index contributed by atoms with van der Waals surface area (Å²) in [7, 11) is 0. The number of carboxylic acids is 1. The van der Waals surface area contributed by atoms with Crippen molar-refractivity contribution >= 4 is 29.0 Å². The van der Waals surface area contributed by atoms with Gasteiger partial charge in [-0.25, -0.2) is 19.3 Å². The summed E-state index contributed by atoms with van der Waals surface area (Å²) in [5, 5.41) is 27.9. The fraction of sp³-hybridized carbons (Fsp3) is 0.406. The molecule has 2 aliphatic heterocycles. The van der Waals surface area contributed by atoms with Gasteiger partial charge in [0.05, 0.1) is 17.5 Å². The first-order valence-electron chi connectivity index (χ1n) is 14.7. The first-order chi connectivity index (χ1) is 20.5. The minimum Gasteiger partial charge on any atom is -0.477 e. The maximum atomic E-state index is 13.3. The van der Waals surface area contributed by atoms with Crippen LogP contribution in [0.1, 0.15) is 72.3 Å². The van der Waals surface area contributed by atoms with Crippen LogP contribution < -0.4 is 15.1 Å². The number of anilines is 2. The lowest BCUT2D eigenvalue weighted by atomic mass is 9.82. The van der Waals surface area contributed by atoms with Crippen LogP contribution in [0, 0.1) is 0 Å². The van der Waals surface area contributed by atoms with Gasteiger partial charge in [-0.15, -0.1) is 5.10 Å². The Morgan fingerprint density at radius 3 is 2.44 bits per heavy atom. The summed E-state index contributed by atoms with van der Waals surface area (Å²) < 4.78 is 1.61. The van der Waals surface area contributed by atoms with E-state index in [0.29, 0.717) is 43.0 Å². The second-order valence-electron chi connectivity index (χ2n) is 12.4. The van der Waals surface area contributed by atoms with Crippen LogP contribution >= 0.6 is 0 Å². The number of aliphatic hydroxyl groups is 1. The SMILES string of the molecule is CC(C)(O)c1cc(N2CC[C@](C)(c3ccccc3)C2)cn2nc(C(=O)NC3CCN(c4cccc(C(=O)O)n4)CC3)nc12.